The summed E-state index contributed by atoms with van der Waals surface area (Å²) in [5.41, 5.74) is 2.38. The predicted molar refractivity (Wildman–Crippen MR) is 122 cm³/mol. The lowest BCUT2D eigenvalue weighted by molar-refractivity contribution is -0.922. The first-order valence-electron chi connectivity index (χ1n) is 11.1. The number of quaternary nitrogens is 1. The van der Waals surface area contributed by atoms with E-state index < -0.39 is 0 Å². The van der Waals surface area contributed by atoms with Crippen LogP contribution in [0.2, 0.25) is 0 Å². The smallest absolute Gasteiger partial charge is 0.336 e. The molecule has 1 aliphatic heterocycles. The van der Waals surface area contributed by atoms with Gasteiger partial charge in [-0.1, -0.05) is 0 Å². The number of morpholine rings is 1. The minimum Gasteiger partial charge on any atom is -0.438 e. The van der Waals surface area contributed by atoms with Gasteiger partial charge in [0.05, 0.1) is 18.6 Å². The molecule has 1 aliphatic carbocycles. The molecule has 164 valence electrons. The van der Waals surface area contributed by atoms with E-state index in [9.17, 15) is 4.79 Å². The van der Waals surface area contributed by atoms with Crippen molar-refractivity contribution in [2.45, 2.75) is 32.7 Å². The summed E-state index contributed by atoms with van der Waals surface area (Å²) in [5, 5.41) is 1.94. The van der Waals surface area contributed by atoms with E-state index in [0.717, 1.165) is 79.1 Å². The molecule has 4 aromatic rings. The fourth-order valence-corrected chi connectivity index (χ4v) is 5.97. The van der Waals surface area contributed by atoms with Gasteiger partial charge in [0, 0.05) is 22.4 Å². The SMILES string of the molecule is Cc1cc(=O)oc2cc(Oc3nc(C[NH+]4CCOCC4)nc4sc5c(c34)CCC5)ccc12. The average Bonchev–Trinajstić information content (AvgIpc) is 3.35. The minimum absolute atomic E-state index is 0.358. The zero-order chi connectivity index (χ0) is 21.7. The molecule has 0 saturated carbocycles. The first-order chi connectivity index (χ1) is 15.6. The molecule has 4 heterocycles. The standard InChI is InChI=1S/C24H23N3O4S/c1-14-11-21(28)31-18-12-15(5-6-16(14)18)30-23-22-17-3-2-4-19(17)32-24(22)26-20(25-23)13-27-7-9-29-10-8-27/h5-6,11-12H,2-4,7-10,13H2,1H3/p+1. The van der Waals surface area contributed by atoms with Crippen LogP contribution >= 0.6 is 11.3 Å². The number of rotatable bonds is 4. The molecule has 0 amide bonds. The van der Waals surface area contributed by atoms with Crippen molar-refractivity contribution in [2.75, 3.05) is 26.3 Å². The maximum absolute atomic E-state index is 11.8. The molecule has 1 fully saturated rings. The largest absolute Gasteiger partial charge is 0.438 e. The van der Waals surface area contributed by atoms with Gasteiger partial charge in [0.1, 0.15) is 35.8 Å². The zero-order valence-corrected chi connectivity index (χ0v) is 18.7. The van der Waals surface area contributed by atoms with E-state index in [1.807, 2.05) is 19.1 Å². The molecule has 0 bridgehead atoms. The number of hydrogen-bond donors (Lipinski definition) is 1. The van der Waals surface area contributed by atoms with Gasteiger partial charge in [-0.15, -0.1) is 11.3 Å². The summed E-state index contributed by atoms with van der Waals surface area (Å²) in [7, 11) is 0. The van der Waals surface area contributed by atoms with Gasteiger partial charge in [-0.25, -0.2) is 9.78 Å². The second kappa shape index (κ2) is 7.95. The summed E-state index contributed by atoms with van der Waals surface area (Å²) >= 11 is 1.77. The van der Waals surface area contributed by atoms with Gasteiger partial charge in [-0.3, -0.25) is 0 Å². The molecule has 6 rings (SSSR count). The fraction of sp³-hybridized carbons (Fsp3) is 0.375. The van der Waals surface area contributed by atoms with E-state index in [1.54, 1.807) is 17.4 Å². The van der Waals surface area contributed by atoms with Crippen LogP contribution in [0.1, 0.15) is 28.2 Å². The minimum atomic E-state index is -0.358. The van der Waals surface area contributed by atoms with Crippen molar-refractivity contribution in [3.05, 3.63) is 56.5 Å². The fourth-order valence-electron chi connectivity index (χ4n) is 4.70. The number of aromatic nitrogens is 2. The van der Waals surface area contributed by atoms with Crippen molar-refractivity contribution >= 4 is 32.5 Å². The van der Waals surface area contributed by atoms with Gasteiger partial charge in [-0.2, -0.15) is 4.98 Å². The summed E-state index contributed by atoms with van der Waals surface area (Å²) in [6.07, 6.45) is 3.30. The van der Waals surface area contributed by atoms with Crippen molar-refractivity contribution in [3.8, 4) is 11.6 Å². The van der Waals surface area contributed by atoms with Gasteiger partial charge >= 0.3 is 5.63 Å². The third-order valence-corrected chi connectivity index (χ3v) is 7.51. The molecule has 3 aromatic heterocycles. The number of ether oxygens (including phenoxy) is 2. The highest BCUT2D eigenvalue weighted by atomic mass is 32.1. The number of fused-ring (bicyclic) bond motifs is 4. The quantitative estimate of drug-likeness (QED) is 0.482. The van der Waals surface area contributed by atoms with Crippen molar-refractivity contribution in [1.82, 2.24) is 9.97 Å². The normalized spacial score (nSPS) is 16.7. The number of aryl methyl sites for hydroxylation is 3. The Morgan fingerprint density at radius 2 is 2.03 bits per heavy atom. The number of thiophene rings is 1. The summed E-state index contributed by atoms with van der Waals surface area (Å²) in [6, 6.07) is 7.11. The van der Waals surface area contributed by atoms with Crippen LogP contribution in [0.4, 0.5) is 0 Å². The lowest BCUT2D eigenvalue weighted by Gasteiger charge is -2.23. The van der Waals surface area contributed by atoms with Gasteiger partial charge in [0.2, 0.25) is 5.88 Å². The van der Waals surface area contributed by atoms with Crippen LogP contribution in [0.5, 0.6) is 11.6 Å². The van der Waals surface area contributed by atoms with Crippen molar-refractivity contribution < 1.29 is 18.8 Å². The highest BCUT2D eigenvalue weighted by molar-refractivity contribution is 7.19. The first-order valence-corrected chi connectivity index (χ1v) is 11.9. The highest BCUT2D eigenvalue weighted by Gasteiger charge is 2.25. The number of benzene rings is 1. The Morgan fingerprint density at radius 3 is 2.91 bits per heavy atom. The van der Waals surface area contributed by atoms with Gasteiger partial charge in [-0.05, 0) is 49.4 Å². The third kappa shape index (κ3) is 3.58. The molecule has 0 spiro atoms. The zero-order valence-electron chi connectivity index (χ0n) is 17.9. The molecule has 1 N–H and O–H groups in total. The summed E-state index contributed by atoms with van der Waals surface area (Å²) in [4.78, 5) is 25.5. The van der Waals surface area contributed by atoms with Crippen molar-refractivity contribution in [1.29, 1.82) is 0 Å². The third-order valence-electron chi connectivity index (χ3n) is 6.32. The van der Waals surface area contributed by atoms with Crippen LogP contribution in [-0.4, -0.2) is 36.3 Å². The summed E-state index contributed by atoms with van der Waals surface area (Å²) < 4.78 is 17.3. The Hall–Kier alpha value is -2.81. The van der Waals surface area contributed by atoms with Gasteiger partial charge in [0.25, 0.3) is 0 Å². The Balaban J connectivity index is 1.42. The molecule has 2 aliphatic rings. The molecule has 7 nitrogen and oxygen atoms in total. The van der Waals surface area contributed by atoms with E-state index in [2.05, 4.69) is 0 Å². The summed E-state index contributed by atoms with van der Waals surface area (Å²) in [5.74, 6) is 2.01. The van der Waals surface area contributed by atoms with Gasteiger partial charge in [0.15, 0.2) is 5.82 Å². The molecule has 32 heavy (non-hydrogen) atoms. The molecular formula is C24H24N3O4S+. The Morgan fingerprint density at radius 1 is 1.16 bits per heavy atom. The maximum Gasteiger partial charge on any atom is 0.336 e. The van der Waals surface area contributed by atoms with Crippen molar-refractivity contribution in [2.24, 2.45) is 0 Å². The van der Waals surface area contributed by atoms with E-state index in [0.29, 0.717) is 17.2 Å². The van der Waals surface area contributed by atoms with E-state index >= 15 is 0 Å². The lowest BCUT2D eigenvalue weighted by atomic mass is 10.1. The maximum atomic E-state index is 11.8. The number of nitrogens with zero attached hydrogens (tertiary/aromatic N) is 2. The number of nitrogens with one attached hydrogen (secondary N) is 1. The number of hydrogen-bond acceptors (Lipinski definition) is 7. The van der Waals surface area contributed by atoms with Crippen LogP contribution in [0.25, 0.3) is 21.2 Å². The average molecular weight is 451 g/mol. The van der Waals surface area contributed by atoms with E-state index in [-0.39, 0.29) is 5.63 Å². The van der Waals surface area contributed by atoms with Crippen LogP contribution in [0.3, 0.4) is 0 Å². The Kier molecular flexibility index (Phi) is 4.93. The Labute approximate surface area is 188 Å². The van der Waals surface area contributed by atoms with Crippen LogP contribution < -0.4 is 15.3 Å². The topological polar surface area (TPSA) is 78.9 Å². The molecular weight excluding hydrogens is 426 g/mol. The van der Waals surface area contributed by atoms with E-state index in [1.165, 1.54) is 21.4 Å². The van der Waals surface area contributed by atoms with Crippen LogP contribution in [0.15, 0.2) is 33.5 Å². The van der Waals surface area contributed by atoms with Gasteiger partial charge < -0.3 is 18.8 Å². The van der Waals surface area contributed by atoms with Crippen molar-refractivity contribution in [3.63, 3.8) is 0 Å². The van der Waals surface area contributed by atoms with Crippen LogP contribution in [-0.2, 0) is 24.1 Å². The molecule has 1 saturated heterocycles. The molecule has 8 heteroatoms. The summed E-state index contributed by atoms with van der Waals surface area (Å²) in [6.45, 7) is 6.13. The highest BCUT2D eigenvalue weighted by Crippen LogP contribution is 2.41. The molecule has 0 unspecified atom stereocenters. The second-order valence-corrected chi connectivity index (χ2v) is 9.61. The van der Waals surface area contributed by atoms with Crippen LogP contribution in [0, 0.1) is 6.92 Å². The first kappa shape index (κ1) is 19.8. The molecule has 0 radical (unpaired) electrons. The van der Waals surface area contributed by atoms with E-state index in [4.69, 9.17) is 23.9 Å². The monoisotopic (exact) mass is 450 g/mol. The predicted octanol–water partition coefficient (Wildman–Crippen LogP) is 2.80. The Bertz CT molecular complexity index is 1390. The second-order valence-electron chi connectivity index (χ2n) is 8.53. The molecule has 0 atom stereocenters. The lowest BCUT2D eigenvalue weighted by Crippen LogP contribution is -3.12. The molecule has 1 aromatic carbocycles.